The molecule has 0 saturated heterocycles. The zero-order valence-electron chi connectivity index (χ0n) is 16.5. The van der Waals surface area contributed by atoms with Gasteiger partial charge in [-0.3, -0.25) is 0 Å². The van der Waals surface area contributed by atoms with Crippen molar-refractivity contribution in [2.75, 3.05) is 6.54 Å². The standard InChI is InChI=1S/C24H28N2OS/c1-17-11-13-19(14-12-17)28(27)26-16-15-21-20-9-5-6-10-22(20)25-23(21)24(26)18-7-3-2-4-8-18/h5-6,9-14,18,24-25H,2-4,7-8,15-16H2,1H3. The molecule has 28 heavy (non-hydrogen) atoms. The largest absolute Gasteiger partial charge is 0.357 e. The molecule has 2 aromatic carbocycles. The number of hydrogen-bond donors (Lipinski definition) is 1. The van der Waals surface area contributed by atoms with Crippen LogP contribution in [0, 0.1) is 12.8 Å². The maximum atomic E-state index is 13.6. The first-order chi connectivity index (χ1) is 13.7. The average Bonchev–Trinajstić information content (AvgIpc) is 3.12. The van der Waals surface area contributed by atoms with Gasteiger partial charge in [0.25, 0.3) is 0 Å². The number of benzene rings is 2. The van der Waals surface area contributed by atoms with Gasteiger partial charge in [-0.2, -0.15) is 0 Å². The number of nitrogens with one attached hydrogen (secondary N) is 1. The number of para-hydroxylation sites is 1. The van der Waals surface area contributed by atoms with Gasteiger partial charge in [0.05, 0.1) is 10.9 Å². The van der Waals surface area contributed by atoms with E-state index in [2.05, 4.69) is 52.6 Å². The van der Waals surface area contributed by atoms with Gasteiger partial charge in [-0.1, -0.05) is 55.2 Å². The van der Waals surface area contributed by atoms with Crippen LogP contribution in [0.4, 0.5) is 0 Å². The molecule has 3 nitrogen and oxygen atoms in total. The van der Waals surface area contributed by atoms with Crippen LogP contribution >= 0.6 is 0 Å². The van der Waals surface area contributed by atoms with Crippen molar-refractivity contribution in [3.63, 3.8) is 0 Å². The van der Waals surface area contributed by atoms with Crippen molar-refractivity contribution in [3.05, 3.63) is 65.4 Å². The molecule has 1 aromatic heterocycles. The van der Waals surface area contributed by atoms with Crippen molar-refractivity contribution in [3.8, 4) is 0 Å². The summed E-state index contributed by atoms with van der Waals surface area (Å²) in [6.45, 7) is 2.94. The average molecular weight is 393 g/mol. The lowest BCUT2D eigenvalue weighted by atomic mass is 9.80. The summed E-state index contributed by atoms with van der Waals surface area (Å²) in [4.78, 5) is 4.65. The Bertz CT molecular complexity index is 1000. The van der Waals surface area contributed by atoms with Gasteiger partial charge < -0.3 is 4.98 Å². The Morgan fingerprint density at radius 3 is 2.54 bits per heavy atom. The number of aromatic amines is 1. The number of aryl methyl sites for hydroxylation is 1. The lowest BCUT2D eigenvalue weighted by molar-refractivity contribution is 0.186. The van der Waals surface area contributed by atoms with Crippen molar-refractivity contribution in [2.24, 2.45) is 5.92 Å². The molecule has 3 aromatic rings. The Labute approximate surface area is 169 Å². The summed E-state index contributed by atoms with van der Waals surface area (Å²) >= 11 is 0. The Morgan fingerprint density at radius 2 is 1.75 bits per heavy atom. The second-order valence-corrected chi connectivity index (χ2v) is 9.80. The van der Waals surface area contributed by atoms with Gasteiger partial charge in [0.2, 0.25) is 0 Å². The number of nitrogens with zero attached hydrogens (tertiary/aromatic N) is 1. The lowest BCUT2D eigenvalue weighted by Gasteiger charge is -2.40. The number of aromatic nitrogens is 1. The van der Waals surface area contributed by atoms with Crippen molar-refractivity contribution < 1.29 is 4.21 Å². The van der Waals surface area contributed by atoms with Gasteiger partial charge in [0.15, 0.2) is 0 Å². The van der Waals surface area contributed by atoms with Crippen LogP contribution in [-0.2, 0) is 17.4 Å². The fourth-order valence-corrected chi connectivity index (χ4v) is 6.53. The van der Waals surface area contributed by atoms with Crippen LogP contribution in [0.5, 0.6) is 0 Å². The molecular formula is C24H28N2OS. The topological polar surface area (TPSA) is 36.1 Å². The zero-order valence-corrected chi connectivity index (χ0v) is 17.3. The first-order valence-corrected chi connectivity index (χ1v) is 11.7. The molecule has 1 aliphatic heterocycles. The molecule has 1 saturated carbocycles. The van der Waals surface area contributed by atoms with Crippen LogP contribution in [0.3, 0.4) is 0 Å². The summed E-state index contributed by atoms with van der Waals surface area (Å²) in [6.07, 6.45) is 7.36. The monoisotopic (exact) mass is 392 g/mol. The van der Waals surface area contributed by atoms with E-state index in [9.17, 15) is 4.21 Å². The van der Waals surface area contributed by atoms with Crippen molar-refractivity contribution in [1.82, 2.24) is 9.29 Å². The smallest absolute Gasteiger partial charge is 0.128 e. The molecule has 1 aliphatic carbocycles. The number of rotatable bonds is 3. The van der Waals surface area contributed by atoms with Crippen molar-refractivity contribution >= 4 is 21.9 Å². The van der Waals surface area contributed by atoms with Gasteiger partial charge in [0, 0.05) is 23.1 Å². The third kappa shape index (κ3) is 3.13. The van der Waals surface area contributed by atoms with Gasteiger partial charge >= 0.3 is 0 Å². The van der Waals surface area contributed by atoms with E-state index >= 15 is 0 Å². The van der Waals surface area contributed by atoms with E-state index in [4.69, 9.17) is 0 Å². The molecule has 2 atom stereocenters. The molecule has 1 fully saturated rings. The van der Waals surface area contributed by atoms with Gasteiger partial charge in [-0.25, -0.2) is 8.51 Å². The van der Waals surface area contributed by atoms with Crippen molar-refractivity contribution in [1.29, 1.82) is 0 Å². The summed E-state index contributed by atoms with van der Waals surface area (Å²) in [6, 6.07) is 17.1. The molecule has 0 amide bonds. The predicted molar refractivity (Wildman–Crippen MR) is 116 cm³/mol. The first kappa shape index (κ1) is 18.1. The summed E-state index contributed by atoms with van der Waals surface area (Å²) in [5, 5.41) is 1.35. The molecular weight excluding hydrogens is 364 g/mol. The van der Waals surface area contributed by atoms with E-state index in [-0.39, 0.29) is 6.04 Å². The summed E-state index contributed by atoms with van der Waals surface area (Å²) in [5.41, 5.74) is 5.19. The summed E-state index contributed by atoms with van der Waals surface area (Å²) in [7, 11) is -1.13. The molecule has 146 valence electrons. The highest BCUT2D eigenvalue weighted by molar-refractivity contribution is 7.82. The molecule has 2 aliphatic rings. The Kier molecular flexibility index (Phi) is 4.85. The highest BCUT2D eigenvalue weighted by Crippen LogP contribution is 2.44. The molecule has 0 bridgehead atoms. The second-order valence-electron chi connectivity index (χ2n) is 8.36. The number of H-pyrrole nitrogens is 1. The normalized spacial score (nSPS) is 22.2. The summed E-state index contributed by atoms with van der Waals surface area (Å²) in [5.74, 6) is 0.579. The van der Waals surface area contributed by atoms with E-state index in [0.29, 0.717) is 5.92 Å². The highest BCUT2D eigenvalue weighted by atomic mass is 32.2. The fourth-order valence-electron chi connectivity index (χ4n) is 5.14. The van der Waals surface area contributed by atoms with E-state index < -0.39 is 11.0 Å². The Morgan fingerprint density at radius 1 is 1.00 bits per heavy atom. The minimum absolute atomic E-state index is 0.221. The highest BCUT2D eigenvalue weighted by Gasteiger charge is 2.39. The van der Waals surface area contributed by atoms with Crippen molar-refractivity contribution in [2.45, 2.75) is 56.4 Å². The molecule has 2 heterocycles. The molecule has 2 unspecified atom stereocenters. The molecule has 1 N–H and O–H groups in total. The molecule has 4 heteroatoms. The third-order valence-corrected chi connectivity index (χ3v) is 8.08. The van der Waals surface area contributed by atoms with E-state index in [1.807, 2.05) is 12.1 Å². The molecule has 0 spiro atoms. The van der Waals surface area contributed by atoms with Crippen LogP contribution < -0.4 is 0 Å². The Balaban J connectivity index is 1.58. The van der Waals surface area contributed by atoms with Gasteiger partial charge in [-0.05, 0) is 55.9 Å². The summed E-state index contributed by atoms with van der Waals surface area (Å²) < 4.78 is 15.9. The SMILES string of the molecule is Cc1ccc(S(=O)N2CCc3c([nH]c4ccccc34)C2C2CCCCC2)cc1. The zero-order chi connectivity index (χ0) is 19.1. The maximum absolute atomic E-state index is 13.6. The molecule has 5 rings (SSSR count). The fraction of sp³-hybridized carbons (Fsp3) is 0.417. The van der Waals surface area contributed by atoms with Crippen LogP contribution in [0.15, 0.2) is 53.4 Å². The van der Waals surface area contributed by atoms with E-state index in [0.717, 1.165) is 17.9 Å². The Hall–Kier alpha value is -1.91. The quantitative estimate of drug-likeness (QED) is 0.612. The van der Waals surface area contributed by atoms with Crippen LogP contribution in [0.2, 0.25) is 0 Å². The van der Waals surface area contributed by atoms with Crippen LogP contribution in [0.1, 0.15) is 55.0 Å². The minimum atomic E-state index is -1.13. The first-order valence-electron chi connectivity index (χ1n) is 10.6. The third-order valence-electron chi connectivity index (χ3n) is 6.57. The van der Waals surface area contributed by atoms with Crippen LogP contribution in [0.25, 0.3) is 10.9 Å². The van der Waals surface area contributed by atoms with E-state index in [1.54, 1.807) is 0 Å². The molecule has 0 radical (unpaired) electrons. The predicted octanol–water partition coefficient (Wildman–Crippen LogP) is 5.68. The maximum Gasteiger partial charge on any atom is 0.128 e. The number of fused-ring (bicyclic) bond motifs is 3. The minimum Gasteiger partial charge on any atom is -0.357 e. The van der Waals surface area contributed by atoms with Gasteiger partial charge in [-0.15, -0.1) is 0 Å². The number of hydrogen-bond acceptors (Lipinski definition) is 1. The van der Waals surface area contributed by atoms with E-state index in [1.165, 1.54) is 59.8 Å². The lowest BCUT2D eigenvalue weighted by Crippen LogP contribution is -2.41. The van der Waals surface area contributed by atoms with Gasteiger partial charge in [0.1, 0.15) is 11.0 Å². The van der Waals surface area contributed by atoms with Crippen LogP contribution in [-0.4, -0.2) is 20.0 Å². The second kappa shape index (κ2) is 7.49.